The monoisotopic (exact) mass is 461 g/mol. The maximum Gasteiger partial charge on any atom is 0.248 e. The van der Waals surface area contributed by atoms with Crippen molar-refractivity contribution >= 4 is 39.7 Å². The molecule has 4 aromatic rings. The maximum atomic E-state index is 12.7. The van der Waals surface area contributed by atoms with Gasteiger partial charge in [-0.05, 0) is 49.8 Å². The van der Waals surface area contributed by atoms with Crippen LogP contribution < -0.4 is 14.8 Å². The molecule has 3 aromatic carbocycles. The Kier molecular flexibility index (Phi) is 6.43. The van der Waals surface area contributed by atoms with Crippen LogP contribution in [0.1, 0.15) is 18.1 Å². The van der Waals surface area contributed by atoms with Gasteiger partial charge in [0, 0.05) is 44.4 Å². The summed E-state index contributed by atoms with van der Waals surface area (Å²) in [6.45, 7) is 3.82. The molecule has 4 rings (SSSR count). The number of methoxy groups -OCH3 is 2. The summed E-state index contributed by atoms with van der Waals surface area (Å²) in [5.74, 6) is 1.16. The second-order valence-corrected chi connectivity index (χ2v) is 8.07. The minimum absolute atomic E-state index is 0.258. The molecular weight excluding hydrogens is 438 g/mol. The van der Waals surface area contributed by atoms with E-state index < -0.39 is 0 Å². The molecule has 1 N–H and O–H groups in total. The lowest BCUT2D eigenvalue weighted by atomic mass is 9.96. The van der Waals surface area contributed by atoms with Gasteiger partial charge in [-0.2, -0.15) is 0 Å². The van der Waals surface area contributed by atoms with E-state index in [0.29, 0.717) is 16.5 Å². The van der Waals surface area contributed by atoms with Crippen LogP contribution in [0.25, 0.3) is 27.7 Å². The number of nitrogens with one attached hydrogen (secondary N) is 1. The number of carbonyl (C=O) groups is 1. The third-order valence-corrected chi connectivity index (χ3v) is 5.74. The number of furan rings is 1. The number of ether oxygens (including phenoxy) is 2. The fraction of sp³-hybridized carbons (Fsp3) is 0.148. The van der Waals surface area contributed by atoms with Gasteiger partial charge in [-0.25, -0.2) is 0 Å². The summed E-state index contributed by atoms with van der Waals surface area (Å²) in [5, 5.41) is 4.31. The zero-order chi connectivity index (χ0) is 23.5. The maximum absolute atomic E-state index is 12.7. The first-order valence-corrected chi connectivity index (χ1v) is 10.8. The number of fused-ring (bicyclic) bond motifs is 1. The minimum Gasteiger partial charge on any atom is -0.496 e. The lowest BCUT2D eigenvalue weighted by molar-refractivity contribution is -0.111. The number of anilines is 1. The topological polar surface area (TPSA) is 60.7 Å². The molecule has 0 saturated carbocycles. The Morgan fingerprint density at radius 3 is 2.55 bits per heavy atom. The molecule has 0 atom stereocenters. The zero-order valence-corrected chi connectivity index (χ0v) is 19.6. The molecule has 1 amide bonds. The summed E-state index contributed by atoms with van der Waals surface area (Å²) in [4.78, 5) is 12.7. The second kappa shape index (κ2) is 9.43. The zero-order valence-electron chi connectivity index (χ0n) is 18.9. The Bertz CT molecular complexity index is 1370. The highest BCUT2D eigenvalue weighted by Crippen LogP contribution is 2.42. The van der Waals surface area contributed by atoms with Crippen molar-refractivity contribution in [1.29, 1.82) is 0 Å². The van der Waals surface area contributed by atoms with Gasteiger partial charge in [0.15, 0.2) is 0 Å². The molecule has 33 heavy (non-hydrogen) atoms. The van der Waals surface area contributed by atoms with Crippen LogP contribution in [0.4, 0.5) is 5.69 Å². The smallest absolute Gasteiger partial charge is 0.248 e. The predicted molar refractivity (Wildman–Crippen MR) is 133 cm³/mol. The van der Waals surface area contributed by atoms with Gasteiger partial charge in [-0.15, -0.1) is 0 Å². The van der Waals surface area contributed by atoms with E-state index in [4.69, 9.17) is 25.5 Å². The van der Waals surface area contributed by atoms with Gasteiger partial charge in [-0.1, -0.05) is 35.9 Å². The first-order valence-electron chi connectivity index (χ1n) is 10.4. The third-order valence-electron chi connectivity index (χ3n) is 5.51. The van der Waals surface area contributed by atoms with Crippen LogP contribution >= 0.6 is 11.6 Å². The number of amides is 1. The molecule has 0 aliphatic heterocycles. The van der Waals surface area contributed by atoms with Gasteiger partial charge in [0.1, 0.15) is 17.1 Å². The molecule has 6 heteroatoms. The molecule has 0 saturated heterocycles. The number of rotatable bonds is 6. The normalized spacial score (nSPS) is 11.5. The van der Waals surface area contributed by atoms with E-state index in [9.17, 15) is 4.79 Å². The summed E-state index contributed by atoms with van der Waals surface area (Å²) in [7, 11) is 3.26. The fourth-order valence-corrected chi connectivity index (χ4v) is 4.16. The Labute approximate surface area is 197 Å². The largest absolute Gasteiger partial charge is 0.496 e. The molecule has 0 fully saturated rings. The Morgan fingerprint density at radius 2 is 1.82 bits per heavy atom. The summed E-state index contributed by atoms with van der Waals surface area (Å²) < 4.78 is 17.2. The predicted octanol–water partition coefficient (Wildman–Crippen LogP) is 7.12. The van der Waals surface area contributed by atoms with E-state index in [1.54, 1.807) is 50.8 Å². The lowest BCUT2D eigenvalue weighted by Gasteiger charge is -2.14. The van der Waals surface area contributed by atoms with E-state index in [-0.39, 0.29) is 5.91 Å². The molecule has 0 aliphatic rings. The highest BCUT2D eigenvalue weighted by Gasteiger charge is 2.20. The van der Waals surface area contributed by atoms with Crippen molar-refractivity contribution in [2.75, 3.05) is 19.5 Å². The number of halogens is 1. The molecular formula is C27H24ClNO4. The summed E-state index contributed by atoms with van der Waals surface area (Å²) in [6.07, 6.45) is 3.27. The first-order chi connectivity index (χ1) is 15.9. The number of benzene rings is 3. The third kappa shape index (κ3) is 4.45. The number of allylic oxidation sites excluding steroid dienone is 1. The van der Waals surface area contributed by atoms with E-state index in [0.717, 1.165) is 44.5 Å². The summed E-state index contributed by atoms with van der Waals surface area (Å²) >= 11 is 6.02. The number of hydrogen-bond donors (Lipinski definition) is 1. The van der Waals surface area contributed by atoms with Crippen LogP contribution in [0, 0.1) is 6.92 Å². The highest BCUT2D eigenvalue weighted by atomic mass is 35.5. The average molecular weight is 462 g/mol. The average Bonchev–Trinajstić information content (AvgIpc) is 3.23. The van der Waals surface area contributed by atoms with Gasteiger partial charge in [-0.3, -0.25) is 4.79 Å². The summed E-state index contributed by atoms with van der Waals surface area (Å²) in [5.41, 5.74) is 5.61. The molecule has 168 valence electrons. The van der Waals surface area contributed by atoms with E-state index >= 15 is 0 Å². The van der Waals surface area contributed by atoms with Crippen molar-refractivity contribution in [3.8, 4) is 22.6 Å². The van der Waals surface area contributed by atoms with Gasteiger partial charge in [0.25, 0.3) is 0 Å². The Hall–Kier alpha value is -3.70. The van der Waals surface area contributed by atoms with E-state index in [1.807, 2.05) is 44.2 Å². The van der Waals surface area contributed by atoms with Crippen LogP contribution in [-0.2, 0) is 4.79 Å². The van der Waals surface area contributed by atoms with Crippen molar-refractivity contribution < 1.29 is 18.7 Å². The van der Waals surface area contributed by atoms with Crippen molar-refractivity contribution in [1.82, 2.24) is 0 Å². The standard InChI is InChI=1S/C27H24ClNO4/c1-16(12-25(30)29-19-9-7-8-18(28)13-19)21-14-22-23(20-10-5-6-11-24(20)31-3)15-33-27(22)17(2)26(21)32-4/h5-15H,1-4H3,(H,29,30)/b16-12+. The number of hydrogen-bond acceptors (Lipinski definition) is 4. The van der Waals surface area contributed by atoms with Crippen LogP contribution in [0.5, 0.6) is 11.5 Å². The molecule has 1 heterocycles. The van der Waals surface area contributed by atoms with E-state index in [1.165, 1.54) is 0 Å². The minimum atomic E-state index is -0.258. The quantitative estimate of drug-likeness (QED) is 0.310. The number of carbonyl (C=O) groups excluding carboxylic acids is 1. The second-order valence-electron chi connectivity index (χ2n) is 7.64. The lowest BCUT2D eigenvalue weighted by Crippen LogP contribution is -2.08. The SMILES string of the molecule is COc1ccccc1-c1coc2c(C)c(OC)c(/C(C)=C/C(=O)Nc3cccc(Cl)c3)cc12. The van der Waals surface area contributed by atoms with Crippen molar-refractivity contribution in [3.63, 3.8) is 0 Å². The molecule has 5 nitrogen and oxygen atoms in total. The van der Waals surface area contributed by atoms with Crippen LogP contribution in [-0.4, -0.2) is 20.1 Å². The molecule has 0 spiro atoms. The molecule has 0 radical (unpaired) electrons. The van der Waals surface area contributed by atoms with Crippen molar-refractivity contribution in [2.24, 2.45) is 0 Å². The Balaban J connectivity index is 1.79. The Morgan fingerprint density at radius 1 is 1.03 bits per heavy atom. The molecule has 0 aliphatic carbocycles. The fourth-order valence-electron chi connectivity index (χ4n) is 3.97. The first kappa shape index (κ1) is 22.5. The van der Waals surface area contributed by atoms with Crippen molar-refractivity contribution in [3.05, 3.63) is 83.1 Å². The molecule has 1 aromatic heterocycles. The molecule has 0 bridgehead atoms. The van der Waals surface area contributed by atoms with Gasteiger partial charge >= 0.3 is 0 Å². The van der Waals surface area contributed by atoms with Gasteiger partial charge in [0.2, 0.25) is 5.91 Å². The summed E-state index contributed by atoms with van der Waals surface area (Å²) in [6, 6.07) is 16.8. The number of aryl methyl sites for hydroxylation is 1. The van der Waals surface area contributed by atoms with Gasteiger partial charge in [0.05, 0.1) is 20.5 Å². The van der Waals surface area contributed by atoms with Crippen molar-refractivity contribution in [2.45, 2.75) is 13.8 Å². The van der Waals surface area contributed by atoms with Crippen LogP contribution in [0.3, 0.4) is 0 Å². The van der Waals surface area contributed by atoms with Crippen LogP contribution in [0.2, 0.25) is 5.02 Å². The highest BCUT2D eigenvalue weighted by molar-refractivity contribution is 6.31. The number of para-hydroxylation sites is 1. The van der Waals surface area contributed by atoms with Gasteiger partial charge < -0.3 is 19.2 Å². The van der Waals surface area contributed by atoms with Crippen LogP contribution in [0.15, 0.2) is 71.4 Å². The van der Waals surface area contributed by atoms with E-state index in [2.05, 4.69) is 5.32 Å². The molecule has 0 unspecified atom stereocenters.